The molecule has 0 aliphatic carbocycles. The van der Waals surface area contributed by atoms with Gasteiger partial charge in [-0.2, -0.15) is 0 Å². The fraction of sp³-hybridized carbons (Fsp3) is 0.172. The first kappa shape index (κ1) is 22.9. The molecule has 0 saturated heterocycles. The average molecular weight is 484 g/mol. The molecule has 1 N–H and O–H groups in total. The largest absolute Gasteiger partial charge is 0.350 e. The summed E-state index contributed by atoms with van der Waals surface area (Å²) in [5, 5.41) is 3.69. The van der Waals surface area contributed by atoms with E-state index in [2.05, 4.69) is 9.88 Å². The highest BCUT2D eigenvalue weighted by Gasteiger charge is 2.36. The van der Waals surface area contributed by atoms with Gasteiger partial charge in [0.2, 0.25) is 5.91 Å². The van der Waals surface area contributed by atoms with Crippen LogP contribution in [0, 0.1) is 6.92 Å². The zero-order valence-electron chi connectivity index (χ0n) is 19.4. The molecule has 5 nitrogen and oxygen atoms in total. The van der Waals surface area contributed by atoms with Crippen LogP contribution in [0.1, 0.15) is 44.3 Å². The predicted molar refractivity (Wildman–Crippen MR) is 137 cm³/mol. The Morgan fingerprint density at radius 2 is 1.66 bits per heavy atom. The van der Waals surface area contributed by atoms with E-state index < -0.39 is 6.04 Å². The molecule has 5 rings (SSSR count). The monoisotopic (exact) mass is 483 g/mol. The van der Waals surface area contributed by atoms with E-state index in [1.165, 1.54) is 0 Å². The van der Waals surface area contributed by atoms with Gasteiger partial charge in [-0.1, -0.05) is 71.8 Å². The smallest absolute Gasteiger partial charge is 0.255 e. The lowest BCUT2D eigenvalue weighted by molar-refractivity contribution is -0.126. The molecule has 1 aliphatic rings. The molecule has 176 valence electrons. The summed E-state index contributed by atoms with van der Waals surface area (Å²) in [6, 6.07) is 26.1. The van der Waals surface area contributed by atoms with Crippen molar-refractivity contribution in [2.24, 2.45) is 0 Å². The Balaban J connectivity index is 1.54. The maximum atomic E-state index is 13.9. The fourth-order valence-electron chi connectivity index (χ4n) is 4.52. The zero-order chi connectivity index (χ0) is 24.4. The van der Waals surface area contributed by atoms with E-state index in [4.69, 9.17) is 11.6 Å². The molecule has 1 unspecified atom stereocenters. The number of hydrogen-bond donors (Lipinski definition) is 1. The second kappa shape index (κ2) is 9.80. The van der Waals surface area contributed by atoms with Gasteiger partial charge < -0.3 is 14.8 Å². The van der Waals surface area contributed by atoms with Gasteiger partial charge in [0.15, 0.2) is 6.04 Å². The third-order valence-corrected chi connectivity index (χ3v) is 6.66. The molecule has 0 bridgehead atoms. The highest BCUT2D eigenvalue weighted by Crippen LogP contribution is 2.31. The Bertz CT molecular complexity index is 1360. The number of fused-ring (bicyclic) bond motifs is 2. The minimum Gasteiger partial charge on any atom is -0.350 e. The second-order valence-electron chi connectivity index (χ2n) is 8.88. The fourth-order valence-corrected chi connectivity index (χ4v) is 4.64. The number of halogens is 1. The number of carbonyl (C=O) groups excluding carboxylic acids is 2. The molecule has 4 aromatic rings. The molecule has 1 atom stereocenters. The van der Waals surface area contributed by atoms with Gasteiger partial charge in [-0.05, 0) is 53.9 Å². The van der Waals surface area contributed by atoms with E-state index >= 15 is 0 Å². The SMILES string of the molecule is Cc1ccc(CNC(=O)C2c3cccn3Cc3ccccc3C(=O)N2Cc2ccc(Cl)cc2)cc1. The maximum absolute atomic E-state index is 13.9. The summed E-state index contributed by atoms with van der Waals surface area (Å²) in [4.78, 5) is 29.3. The van der Waals surface area contributed by atoms with Crippen LogP contribution in [-0.2, 0) is 24.4 Å². The van der Waals surface area contributed by atoms with Crippen molar-refractivity contribution in [1.29, 1.82) is 0 Å². The topological polar surface area (TPSA) is 54.3 Å². The molecule has 2 amide bonds. The number of amides is 2. The zero-order valence-corrected chi connectivity index (χ0v) is 20.2. The molecular formula is C29H26ClN3O2. The van der Waals surface area contributed by atoms with E-state index in [9.17, 15) is 9.59 Å². The summed E-state index contributed by atoms with van der Waals surface area (Å²) < 4.78 is 2.05. The number of carbonyl (C=O) groups is 2. The number of aromatic nitrogens is 1. The first-order valence-corrected chi connectivity index (χ1v) is 12.0. The first-order chi connectivity index (χ1) is 17.0. The summed E-state index contributed by atoms with van der Waals surface area (Å²) in [5.74, 6) is -0.384. The number of rotatable bonds is 5. The van der Waals surface area contributed by atoms with E-state index in [0.717, 1.165) is 27.9 Å². The predicted octanol–water partition coefficient (Wildman–Crippen LogP) is 5.51. The number of nitrogens with one attached hydrogen (secondary N) is 1. The van der Waals surface area contributed by atoms with Crippen LogP contribution in [0.15, 0.2) is 91.1 Å². The van der Waals surface area contributed by atoms with Gasteiger partial charge in [0.25, 0.3) is 5.91 Å². The Kier molecular flexibility index (Phi) is 6.43. The molecule has 1 aliphatic heterocycles. The van der Waals surface area contributed by atoms with Crippen LogP contribution in [0.25, 0.3) is 0 Å². The number of benzene rings is 3. The van der Waals surface area contributed by atoms with Crippen molar-refractivity contribution in [3.05, 3.63) is 130 Å². The molecular weight excluding hydrogens is 458 g/mol. The standard InChI is InChI=1S/C29H26ClN3O2/c1-20-8-10-21(11-9-20)17-31-28(34)27-26-7-4-16-32(26)19-23-5-2-3-6-25(23)29(35)33(27)18-22-12-14-24(30)15-13-22/h2-16,27H,17-19H2,1H3,(H,31,34). The molecule has 1 aromatic heterocycles. The summed E-state index contributed by atoms with van der Waals surface area (Å²) in [7, 11) is 0. The van der Waals surface area contributed by atoms with Crippen LogP contribution in [-0.4, -0.2) is 21.3 Å². The minimum atomic E-state index is -0.785. The molecule has 0 fully saturated rings. The van der Waals surface area contributed by atoms with Gasteiger partial charge in [0.1, 0.15) is 0 Å². The third kappa shape index (κ3) is 4.86. The summed E-state index contributed by atoms with van der Waals surface area (Å²) in [5.41, 5.74) is 5.38. The summed E-state index contributed by atoms with van der Waals surface area (Å²) in [6.07, 6.45) is 1.96. The third-order valence-electron chi connectivity index (χ3n) is 6.41. The van der Waals surface area contributed by atoms with Crippen LogP contribution >= 0.6 is 11.6 Å². The van der Waals surface area contributed by atoms with E-state index in [1.54, 1.807) is 17.0 Å². The van der Waals surface area contributed by atoms with Crippen molar-refractivity contribution in [3.8, 4) is 0 Å². The molecule has 6 heteroatoms. The number of hydrogen-bond acceptors (Lipinski definition) is 2. The Morgan fingerprint density at radius 1 is 0.943 bits per heavy atom. The Morgan fingerprint density at radius 3 is 2.43 bits per heavy atom. The van der Waals surface area contributed by atoms with Crippen molar-refractivity contribution >= 4 is 23.4 Å². The normalized spacial score (nSPS) is 15.1. The molecule has 0 saturated carbocycles. The molecule has 35 heavy (non-hydrogen) atoms. The number of aryl methyl sites for hydroxylation is 1. The van der Waals surface area contributed by atoms with Crippen LogP contribution in [0.4, 0.5) is 0 Å². The van der Waals surface area contributed by atoms with Crippen LogP contribution in [0.3, 0.4) is 0 Å². The Labute approximate surface area is 210 Å². The van der Waals surface area contributed by atoms with Crippen molar-refractivity contribution < 1.29 is 9.59 Å². The van der Waals surface area contributed by atoms with Crippen molar-refractivity contribution in [1.82, 2.24) is 14.8 Å². The highest BCUT2D eigenvalue weighted by atomic mass is 35.5. The summed E-state index contributed by atoms with van der Waals surface area (Å²) in [6.45, 7) is 3.22. The lowest BCUT2D eigenvalue weighted by atomic mass is 10.0. The minimum absolute atomic E-state index is 0.168. The van der Waals surface area contributed by atoms with E-state index in [-0.39, 0.29) is 18.4 Å². The van der Waals surface area contributed by atoms with E-state index in [1.807, 2.05) is 85.9 Å². The Hall–Kier alpha value is -3.83. The van der Waals surface area contributed by atoms with Gasteiger partial charge in [0.05, 0.1) is 5.69 Å². The quantitative estimate of drug-likeness (QED) is 0.407. The number of nitrogens with zero attached hydrogens (tertiary/aromatic N) is 2. The van der Waals surface area contributed by atoms with Crippen LogP contribution in [0.5, 0.6) is 0 Å². The highest BCUT2D eigenvalue weighted by molar-refractivity contribution is 6.30. The maximum Gasteiger partial charge on any atom is 0.255 e. The van der Waals surface area contributed by atoms with E-state index in [0.29, 0.717) is 23.7 Å². The molecule has 2 heterocycles. The van der Waals surface area contributed by atoms with Gasteiger partial charge >= 0.3 is 0 Å². The van der Waals surface area contributed by atoms with Crippen molar-refractivity contribution in [2.75, 3.05) is 0 Å². The lowest BCUT2D eigenvalue weighted by Gasteiger charge is -2.34. The van der Waals surface area contributed by atoms with Crippen molar-refractivity contribution in [3.63, 3.8) is 0 Å². The van der Waals surface area contributed by atoms with Crippen LogP contribution in [0.2, 0.25) is 5.02 Å². The molecule has 3 aromatic carbocycles. The van der Waals surface area contributed by atoms with Crippen molar-refractivity contribution in [2.45, 2.75) is 32.6 Å². The lowest BCUT2D eigenvalue weighted by Crippen LogP contribution is -2.45. The second-order valence-corrected chi connectivity index (χ2v) is 9.32. The molecule has 0 spiro atoms. The summed E-state index contributed by atoms with van der Waals surface area (Å²) >= 11 is 6.09. The van der Waals surface area contributed by atoms with Gasteiger partial charge in [-0.15, -0.1) is 0 Å². The van der Waals surface area contributed by atoms with Gasteiger partial charge in [-0.25, -0.2) is 0 Å². The average Bonchev–Trinajstić information content (AvgIpc) is 3.31. The molecule has 0 radical (unpaired) electrons. The van der Waals surface area contributed by atoms with Crippen LogP contribution < -0.4 is 5.32 Å². The van der Waals surface area contributed by atoms with Gasteiger partial charge in [-0.3, -0.25) is 9.59 Å². The first-order valence-electron chi connectivity index (χ1n) is 11.6. The van der Waals surface area contributed by atoms with Gasteiger partial charge in [0, 0.05) is 36.4 Å².